The zero-order chi connectivity index (χ0) is 16.1. The van der Waals surface area contributed by atoms with E-state index in [-0.39, 0.29) is 5.91 Å². The van der Waals surface area contributed by atoms with Crippen molar-refractivity contribution in [2.75, 3.05) is 31.2 Å². The number of rotatable bonds is 4. The van der Waals surface area contributed by atoms with Gasteiger partial charge in [0.15, 0.2) is 0 Å². The summed E-state index contributed by atoms with van der Waals surface area (Å²) in [7, 11) is 0. The van der Waals surface area contributed by atoms with E-state index in [1.54, 1.807) is 6.20 Å². The Morgan fingerprint density at radius 1 is 1.30 bits per heavy atom. The van der Waals surface area contributed by atoms with E-state index in [0.717, 1.165) is 50.2 Å². The van der Waals surface area contributed by atoms with Gasteiger partial charge >= 0.3 is 0 Å². The van der Waals surface area contributed by atoms with Crippen LogP contribution in [0.4, 0.5) is 5.82 Å². The molecule has 2 heterocycles. The molecule has 0 spiro atoms. The van der Waals surface area contributed by atoms with Gasteiger partial charge in [0.25, 0.3) is 0 Å². The van der Waals surface area contributed by atoms with Crippen molar-refractivity contribution in [1.82, 2.24) is 10.3 Å². The summed E-state index contributed by atoms with van der Waals surface area (Å²) in [6, 6.07) is 3.92. The smallest absolute Gasteiger partial charge is 0.240 e. The molecule has 2 fully saturated rings. The van der Waals surface area contributed by atoms with Crippen LogP contribution in [0.25, 0.3) is 0 Å². The van der Waals surface area contributed by atoms with Gasteiger partial charge in [0.2, 0.25) is 5.91 Å². The molecule has 1 aromatic rings. The van der Waals surface area contributed by atoms with Crippen molar-refractivity contribution in [3.8, 4) is 0 Å². The minimum absolute atomic E-state index is 0.0334. The number of nitrogens with zero attached hydrogens (tertiary/aromatic N) is 2. The van der Waals surface area contributed by atoms with Gasteiger partial charge in [0.1, 0.15) is 5.82 Å². The Balaban J connectivity index is 1.64. The van der Waals surface area contributed by atoms with Crippen LogP contribution in [-0.4, -0.2) is 42.7 Å². The van der Waals surface area contributed by atoms with Crippen LogP contribution in [0, 0.1) is 0 Å². The van der Waals surface area contributed by atoms with Crippen molar-refractivity contribution in [1.29, 1.82) is 0 Å². The number of amides is 1. The third-order valence-electron chi connectivity index (χ3n) is 4.82. The molecule has 126 valence electrons. The van der Waals surface area contributed by atoms with Crippen molar-refractivity contribution >= 4 is 11.7 Å². The molecule has 6 nitrogen and oxygen atoms in total. The second-order valence-electron chi connectivity index (χ2n) is 6.49. The molecule has 1 aromatic heterocycles. The number of anilines is 1. The predicted octanol–water partition coefficient (Wildman–Crippen LogP) is 1.20. The maximum Gasteiger partial charge on any atom is 0.240 e. The SMILES string of the molecule is NC1(C(=O)NCc2cccnc2N2CCOCC2)CCCCC1. The number of hydrogen-bond acceptors (Lipinski definition) is 5. The fourth-order valence-corrected chi connectivity index (χ4v) is 3.39. The van der Waals surface area contributed by atoms with E-state index in [2.05, 4.69) is 15.2 Å². The summed E-state index contributed by atoms with van der Waals surface area (Å²) in [4.78, 5) is 19.2. The Morgan fingerprint density at radius 2 is 2.04 bits per heavy atom. The average molecular weight is 318 g/mol. The van der Waals surface area contributed by atoms with Gasteiger partial charge in [-0.05, 0) is 18.9 Å². The molecule has 0 unspecified atom stereocenters. The monoisotopic (exact) mass is 318 g/mol. The molecule has 0 atom stereocenters. The molecule has 2 aliphatic rings. The lowest BCUT2D eigenvalue weighted by molar-refractivity contribution is -0.127. The number of carbonyl (C=O) groups excluding carboxylic acids is 1. The zero-order valence-electron chi connectivity index (χ0n) is 13.6. The fraction of sp³-hybridized carbons (Fsp3) is 0.647. The highest BCUT2D eigenvalue weighted by Gasteiger charge is 2.35. The number of hydrogen-bond donors (Lipinski definition) is 2. The first-order valence-electron chi connectivity index (χ1n) is 8.53. The highest BCUT2D eigenvalue weighted by Crippen LogP contribution is 2.26. The molecule has 1 amide bonds. The first kappa shape index (κ1) is 16.2. The van der Waals surface area contributed by atoms with Crippen LogP contribution < -0.4 is 16.0 Å². The normalized spacial score (nSPS) is 21.0. The molecule has 3 rings (SSSR count). The first-order chi connectivity index (χ1) is 11.2. The predicted molar refractivity (Wildman–Crippen MR) is 89.1 cm³/mol. The number of aromatic nitrogens is 1. The fourth-order valence-electron chi connectivity index (χ4n) is 3.39. The summed E-state index contributed by atoms with van der Waals surface area (Å²) in [6.07, 6.45) is 6.60. The molecular formula is C17H26N4O2. The Bertz CT molecular complexity index is 537. The van der Waals surface area contributed by atoms with E-state index in [9.17, 15) is 4.79 Å². The number of nitrogens with one attached hydrogen (secondary N) is 1. The Kier molecular flexibility index (Phi) is 5.13. The van der Waals surface area contributed by atoms with Crippen LogP contribution in [0.2, 0.25) is 0 Å². The van der Waals surface area contributed by atoms with Gasteiger partial charge in [-0.1, -0.05) is 25.3 Å². The Morgan fingerprint density at radius 3 is 2.78 bits per heavy atom. The van der Waals surface area contributed by atoms with E-state index in [1.807, 2.05) is 12.1 Å². The minimum atomic E-state index is -0.695. The summed E-state index contributed by atoms with van der Waals surface area (Å²) in [5.41, 5.74) is 6.63. The lowest BCUT2D eigenvalue weighted by atomic mass is 9.82. The van der Waals surface area contributed by atoms with Crippen LogP contribution in [-0.2, 0) is 16.1 Å². The van der Waals surface area contributed by atoms with E-state index < -0.39 is 5.54 Å². The van der Waals surface area contributed by atoms with Crippen molar-refractivity contribution in [3.05, 3.63) is 23.9 Å². The van der Waals surface area contributed by atoms with Crippen molar-refractivity contribution < 1.29 is 9.53 Å². The standard InChI is InChI=1S/C17H26N4O2/c18-17(6-2-1-3-7-17)16(22)20-13-14-5-4-8-19-15(14)21-9-11-23-12-10-21/h4-5,8H,1-3,6-7,9-13,18H2,(H,20,22). The molecule has 1 aliphatic carbocycles. The molecule has 6 heteroatoms. The van der Waals surface area contributed by atoms with Crippen molar-refractivity contribution in [2.45, 2.75) is 44.2 Å². The van der Waals surface area contributed by atoms with E-state index in [0.29, 0.717) is 19.8 Å². The minimum Gasteiger partial charge on any atom is -0.378 e. The average Bonchev–Trinajstić information content (AvgIpc) is 2.61. The Hall–Kier alpha value is -1.66. The van der Waals surface area contributed by atoms with Gasteiger partial charge in [0.05, 0.1) is 18.8 Å². The van der Waals surface area contributed by atoms with Gasteiger partial charge in [-0.2, -0.15) is 0 Å². The summed E-state index contributed by atoms with van der Waals surface area (Å²) in [5.74, 6) is 0.903. The molecule has 0 radical (unpaired) electrons. The van der Waals surface area contributed by atoms with Gasteiger partial charge < -0.3 is 20.7 Å². The number of pyridine rings is 1. The highest BCUT2D eigenvalue weighted by atomic mass is 16.5. The third-order valence-corrected chi connectivity index (χ3v) is 4.82. The topological polar surface area (TPSA) is 80.5 Å². The maximum absolute atomic E-state index is 12.5. The highest BCUT2D eigenvalue weighted by molar-refractivity contribution is 5.86. The molecule has 1 aliphatic heterocycles. The molecule has 0 aromatic carbocycles. The summed E-state index contributed by atoms with van der Waals surface area (Å²) < 4.78 is 5.40. The quantitative estimate of drug-likeness (QED) is 0.872. The number of carbonyl (C=O) groups is 1. The van der Waals surface area contributed by atoms with Gasteiger partial charge in [-0.3, -0.25) is 4.79 Å². The lowest BCUT2D eigenvalue weighted by Crippen LogP contribution is -2.54. The number of morpholine rings is 1. The van der Waals surface area contributed by atoms with Gasteiger partial charge in [-0.25, -0.2) is 4.98 Å². The lowest BCUT2D eigenvalue weighted by Gasteiger charge is -2.32. The van der Waals surface area contributed by atoms with Gasteiger partial charge in [0, 0.05) is 31.4 Å². The molecular weight excluding hydrogens is 292 g/mol. The van der Waals surface area contributed by atoms with Crippen LogP contribution in [0.5, 0.6) is 0 Å². The van der Waals surface area contributed by atoms with Crippen LogP contribution >= 0.6 is 0 Å². The van der Waals surface area contributed by atoms with Crippen molar-refractivity contribution in [3.63, 3.8) is 0 Å². The van der Waals surface area contributed by atoms with Crippen molar-refractivity contribution in [2.24, 2.45) is 5.73 Å². The largest absolute Gasteiger partial charge is 0.378 e. The van der Waals surface area contributed by atoms with Crippen LogP contribution in [0.15, 0.2) is 18.3 Å². The third kappa shape index (κ3) is 3.82. The number of ether oxygens (including phenoxy) is 1. The number of nitrogens with two attached hydrogens (primary N) is 1. The summed E-state index contributed by atoms with van der Waals surface area (Å²) >= 11 is 0. The molecule has 0 bridgehead atoms. The molecule has 1 saturated carbocycles. The zero-order valence-corrected chi connectivity index (χ0v) is 13.6. The second-order valence-corrected chi connectivity index (χ2v) is 6.49. The molecule has 23 heavy (non-hydrogen) atoms. The molecule has 3 N–H and O–H groups in total. The van der Waals surface area contributed by atoms with Crippen LogP contribution in [0.3, 0.4) is 0 Å². The summed E-state index contributed by atoms with van der Waals surface area (Å²) in [5, 5.41) is 3.03. The van der Waals surface area contributed by atoms with E-state index >= 15 is 0 Å². The summed E-state index contributed by atoms with van der Waals surface area (Å²) in [6.45, 7) is 3.57. The van der Waals surface area contributed by atoms with E-state index in [1.165, 1.54) is 6.42 Å². The maximum atomic E-state index is 12.5. The van der Waals surface area contributed by atoms with E-state index in [4.69, 9.17) is 10.5 Å². The first-order valence-corrected chi connectivity index (χ1v) is 8.53. The van der Waals surface area contributed by atoms with Gasteiger partial charge in [-0.15, -0.1) is 0 Å². The van der Waals surface area contributed by atoms with Crippen LogP contribution in [0.1, 0.15) is 37.7 Å². The second kappa shape index (κ2) is 7.27. The Labute approximate surface area is 137 Å². The molecule has 1 saturated heterocycles.